The van der Waals surface area contributed by atoms with E-state index in [1.54, 1.807) is 0 Å². The smallest absolute Gasteiger partial charge is 0.145 e. The highest BCUT2D eigenvalue weighted by atomic mass is 16.1. The Morgan fingerprint density at radius 2 is 2.33 bits per heavy atom. The lowest BCUT2D eigenvalue weighted by molar-refractivity contribution is -0.122. The van der Waals surface area contributed by atoms with Crippen molar-refractivity contribution >= 4 is 5.78 Å². The Kier molecular flexibility index (Phi) is 4.11. The molecule has 1 fully saturated rings. The molecule has 1 heterocycles. The highest BCUT2D eigenvalue weighted by Gasteiger charge is 2.30. The lowest BCUT2D eigenvalue weighted by Crippen LogP contribution is -2.32. The van der Waals surface area contributed by atoms with E-state index < -0.39 is 0 Å². The second kappa shape index (κ2) is 5.61. The zero-order chi connectivity index (χ0) is 13.1. The number of rotatable bonds is 5. The minimum Gasteiger partial charge on any atom is -0.327 e. The van der Waals surface area contributed by atoms with Gasteiger partial charge in [-0.1, -0.05) is 20.3 Å². The van der Waals surface area contributed by atoms with Crippen molar-refractivity contribution in [1.82, 2.24) is 14.8 Å². The maximum absolute atomic E-state index is 12.2. The minimum atomic E-state index is 0.0224. The van der Waals surface area contributed by atoms with Gasteiger partial charge in [0.25, 0.3) is 0 Å². The first-order valence-corrected chi connectivity index (χ1v) is 6.73. The maximum Gasteiger partial charge on any atom is 0.145 e. The average Bonchev–Trinajstić information content (AvgIpc) is 2.88. The molecule has 2 rings (SSSR count). The molecular weight excluding hydrogens is 228 g/mol. The quantitative estimate of drug-likeness (QED) is 0.851. The van der Waals surface area contributed by atoms with E-state index in [1.165, 1.54) is 6.33 Å². The van der Waals surface area contributed by atoms with Crippen molar-refractivity contribution < 1.29 is 4.79 Å². The summed E-state index contributed by atoms with van der Waals surface area (Å²) in [6.45, 7) is 5.06. The van der Waals surface area contributed by atoms with Crippen LogP contribution in [-0.4, -0.2) is 26.6 Å². The summed E-state index contributed by atoms with van der Waals surface area (Å²) in [6, 6.07) is 0.0407. The van der Waals surface area contributed by atoms with Crippen molar-refractivity contribution in [2.75, 3.05) is 0 Å². The first-order valence-electron chi connectivity index (χ1n) is 6.73. The topological polar surface area (TPSA) is 73.8 Å². The Balaban J connectivity index is 2.00. The molecule has 2 atom stereocenters. The number of carbonyl (C=O) groups excluding carboxylic acids is 1. The van der Waals surface area contributed by atoms with Gasteiger partial charge in [0.15, 0.2) is 0 Å². The SMILES string of the molecule is CC(C)Cn1ncnc1CC(=O)C1CCCC1N. The van der Waals surface area contributed by atoms with E-state index in [2.05, 4.69) is 23.9 Å². The summed E-state index contributed by atoms with van der Waals surface area (Å²) in [5.41, 5.74) is 5.96. The van der Waals surface area contributed by atoms with Crippen molar-refractivity contribution in [2.45, 2.75) is 52.1 Å². The summed E-state index contributed by atoms with van der Waals surface area (Å²) >= 11 is 0. The summed E-state index contributed by atoms with van der Waals surface area (Å²) in [4.78, 5) is 16.4. The Morgan fingerprint density at radius 3 is 2.94 bits per heavy atom. The Morgan fingerprint density at radius 1 is 1.56 bits per heavy atom. The lowest BCUT2D eigenvalue weighted by Gasteiger charge is -2.14. The number of nitrogens with zero attached hydrogens (tertiary/aromatic N) is 3. The van der Waals surface area contributed by atoms with Crippen LogP contribution in [0.4, 0.5) is 0 Å². The molecule has 0 bridgehead atoms. The molecule has 0 aromatic carbocycles. The molecule has 5 nitrogen and oxygen atoms in total. The van der Waals surface area contributed by atoms with E-state index in [9.17, 15) is 4.79 Å². The molecule has 1 saturated carbocycles. The fourth-order valence-electron chi connectivity index (χ4n) is 2.60. The van der Waals surface area contributed by atoms with Crippen molar-refractivity contribution in [2.24, 2.45) is 17.6 Å². The number of aromatic nitrogens is 3. The summed E-state index contributed by atoms with van der Waals surface area (Å²) in [6.07, 6.45) is 4.86. The molecule has 1 aromatic rings. The van der Waals surface area contributed by atoms with E-state index in [0.29, 0.717) is 12.3 Å². The van der Waals surface area contributed by atoms with Crippen molar-refractivity contribution in [3.63, 3.8) is 0 Å². The first-order chi connectivity index (χ1) is 8.58. The molecule has 0 saturated heterocycles. The molecule has 2 unspecified atom stereocenters. The molecule has 1 aromatic heterocycles. The fourth-order valence-corrected chi connectivity index (χ4v) is 2.60. The summed E-state index contributed by atoms with van der Waals surface area (Å²) in [5.74, 6) is 1.51. The summed E-state index contributed by atoms with van der Waals surface area (Å²) in [5, 5.41) is 4.18. The van der Waals surface area contributed by atoms with E-state index in [-0.39, 0.29) is 17.7 Å². The fraction of sp³-hybridized carbons (Fsp3) is 0.769. The van der Waals surface area contributed by atoms with Crippen molar-refractivity contribution in [1.29, 1.82) is 0 Å². The molecule has 5 heteroatoms. The molecule has 18 heavy (non-hydrogen) atoms. The van der Waals surface area contributed by atoms with Gasteiger partial charge in [0.2, 0.25) is 0 Å². The molecule has 0 radical (unpaired) electrons. The third-order valence-electron chi connectivity index (χ3n) is 3.55. The molecule has 2 N–H and O–H groups in total. The first kappa shape index (κ1) is 13.2. The van der Waals surface area contributed by atoms with Gasteiger partial charge in [-0.25, -0.2) is 9.67 Å². The molecular formula is C13H22N4O. The number of hydrogen-bond donors (Lipinski definition) is 1. The number of carbonyl (C=O) groups is 1. The van der Waals surface area contributed by atoms with Crippen LogP contribution in [0.5, 0.6) is 0 Å². The van der Waals surface area contributed by atoms with Crippen molar-refractivity contribution in [3.8, 4) is 0 Å². The highest BCUT2D eigenvalue weighted by Crippen LogP contribution is 2.25. The van der Waals surface area contributed by atoms with Gasteiger partial charge in [0, 0.05) is 18.5 Å². The Hall–Kier alpha value is -1.23. The number of Topliss-reactive ketones (excluding diaryl/α,β-unsaturated/α-hetero) is 1. The van der Waals surface area contributed by atoms with E-state index in [4.69, 9.17) is 5.73 Å². The van der Waals surface area contributed by atoms with Gasteiger partial charge in [-0.3, -0.25) is 4.79 Å². The molecule has 0 amide bonds. The summed E-state index contributed by atoms with van der Waals surface area (Å²) in [7, 11) is 0. The largest absolute Gasteiger partial charge is 0.327 e. The van der Waals surface area contributed by atoms with Gasteiger partial charge in [-0.15, -0.1) is 0 Å². The average molecular weight is 250 g/mol. The highest BCUT2D eigenvalue weighted by molar-refractivity contribution is 5.83. The monoisotopic (exact) mass is 250 g/mol. The Bertz CT molecular complexity index is 413. The van der Waals surface area contributed by atoms with Crippen LogP contribution in [0.15, 0.2) is 6.33 Å². The molecule has 0 spiro atoms. The normalized spacial score (nSPS) is 23.8. The van der Waals surface area contributed by atoms with Gasteiger partial charge >= 0.3 is 0 Å². The number of nitrogens with two attached hydrogens (primary N) is 1. The number of hydrogen-bond acceptors (Lipinski definition) is 4. The second-order valence-electron chi connectivity index (χ2n) is 5.60. The molecule has 1 aliphatic carbocycles. The minimum absolute atomic E-state index is 0.0224. The van der Waals surface area contributed by atoms with E-state index in [1.807, 2.05) is 4.68 Å². The third kappa shape index (κ3) is 2.96. The van der Waals surface area contributed by atoms with Gasteiger partial charge in [-0.05, 0) is 18.8 Å². The van der Waals surface area contributed by atoms with Gasteiger partial charge in [-0.2, -0.15) is 5.10 Å². The van der Waals surface area contributed by atoms with Crippen LogP contribution in [-0.2, 0) is 17.8 Å². The Labute approximate surface area is 108 Å². The van der Waals surface area contributed by atoms with Crippen LogP contribution in [0, 0.1) is 11.8 Å². The van der Waals surface area contributed by atoms with E-state index >= 15 is 0 Å². The zero-order valence-electron chi connectivity index (χ0n) is 11.2. The van der Waals surface area contributed by atoms with Gasteiger partial charge in [0.05, 0.1) is 6.42 Å². The van der Waals surface area contributed by atoms with E-state index in [0.717, 1.165) is 31.6 Å². The molecule has 0 aliphatic heterocycles. The zero-order valence-corrected chi connectivity index (χ0v) is 11.2. The molecule has 100 valence electrons. The van der Waals surface area contributed by atoms with Crippen LogP contribution in [0.2, 0.25) is 0 Å². The van der Waals surface area contributed by atoms with Crippen LogP contribution in [0.1, 0.15) is 38.9 Å². The summed E-state index contributed by atoms with van der Waals surface area (Å²) < 4.78 is 1.84. The number of ketones is 1. The molecule has 1 aliphatic rings. The van der Waals surface area contributed by atoms with Crippen LogP contribution < -0.4 is 5.73 Å². The maximum atomic E-state index is 12.2. The predicted octanol–water partition coefficient (Wildman–Crippen LogP) is 1.17. The second-order valence-corrected chi connectivity index (χ2v) is 5.60. The van der Waals surface area contributed by atoms with Gasteiger partial charge < -0.3 is 5.73 Å². The lowest BCUT2D eigenvalue weighted by atomic mass is 9.96. The van der Waals surface area contributed by atoms with Crippen LogP contribution in [0.25, 0.3) is 0 Å². The van der Waals surface area contributed by atoms with Crippen LogP contribution in [0.3, 0.4) is 0 Å². The third-order valence-corrected chi connectivity index (χ3v) is 3.55. The van der Waals surface area contributed by atoms with Crippen molar-refractivity contribution in [3.05, 3.63) is 12.2 Å². The predicted molar refractivity (Wildman–Crippen MR) is 68.9 cm³/mol. The van der Waals surface area contributed by atoms with Gasteiger partial charge in [0.1, 0.15) is 17.9 Å². The standard InChI is InChI=1S/C13H22N4O/c1-9(2)7-17-13(15-8-16-17)6-12(18)10-4-3-5-11(10)14/h8-11H,3-7,14H2,1-2H3. The van der Waals surface area contributed by atoms with Crippen LogP contribution >= 0.6 is 0 Å².